The highest BCUT2D eigenvalue weighted by molar-refractivity contribution is 5.93. The third-order valence-corrected chi connectivity index (χ3v) is 8.57. The summed E-state index contributed by atoms with van der Waals surface area (Å²) >= 11 is 0. The highest BCUT2D eigenvalue weighted by Crippen LogP contribution is 2.41. The molecule has 2 aliphatic carbocycles. The molecule has 0 saturated heterocycles. The van der Waals surface area contributed by atoms with Crippen LogP contribution in [0.4, 0.5) is 0 Å². The lowest BCUT2D eigenvalue weighted by atomic mass is 9.71. The van der Waals surface area contributed by atoms with Crippen LogP contribution in [-0.2, 0) is 0 Å². The molecule has 43 heavy (non-hydrogen) atoms. The Morgan fingerprint density at radius 2 is 1.33 bits per heavy atom. The zero-order valence-electron chi connectivity index (χ0n) is 23.7. The molecule has 0 aliphatic heterocycles. The Morgan fingerprint density at radius 1 is 0.605 bits per heavy atom. The normalized spacial score (nSPS) is 19.0. The maximum atomic E-state index is 5.03. The summed E-state index contributed by atoms with van der Waals surface area (Å²) in [5.74, 6) is 2.24. The summed E-state index contributed by atoms with van der Waals surface area (Å²) < 4.78 is 0. The van der Waals surface area contributed by atoms with Gasteiger partial charge in [0.2, 0.25) is 0 Å². The van der Waals surface area contributed by atoms with Crippen molar-refractivity contribution in [1.29, 1.82) is 0 Å². The number of benzene rings is 4. The summed E-state index contributed by atoms with van der Waals surface area (Å²) in [7, 11) is 0. The quantitative estimate of drug-likeness (QED) is 0.219. The largest absolute Gasteiger partial charge is 0.256 e. The van der Waals surface area contributed by atoms with Crippen LogP contribution in [0.2, 0.25) is 0 Å². The van der Waals surface area contributed by atoms with E-state index in [0.29, 0.717) is 17.5 Å². The van der Waals surface area contributed by atoms with E-state index in [1.54, 1.807) is 0 Å². The Kier molecular flexibility index (Phi) is 5.93. The Labute approximate surface area is 250 Å². The van der Waals surface area contributed by atoms with Gasteiger partial charge in [0.15, 0.2) is 17.5 Å². The molecule has 6 aromatic rings. The SMILES string of the molecule is CC12C=CC=CC1C=C(c1nc(-c3ccc(-c4cccc5cccnc45)cc3)nc(-c3ccc4ccccc4c3)n1)C=C2. The number of rotatable bonds is 4. The van der Waals surface area contributed by atoms with Crippen LogP contribution >= 0.6 is 0 Å². The number of aromatic nitrogens is 4. The van der Waals surface area contributed by atoms with Gasteiger partial charge in [-0.15, -0.1) is 0 Å². The molecule has 0 radical (unpaired) electrons. The van der Waals surface area contributed by atoms with E-state index in [9.17, 15) is 0 Å². The van der Waals surface area contributed by atoms with Gasteiger partial charge < -0.3 is 0 Å². The Hall–Kier alpha value is -5.48. The van der Waals surface area contributed by atoms with Crippen molar-refractivity contribution in [3.63, 3.8) is 0 Å². The molecule has 2 atom stereocenters. The van der Waals surface area contributed by atoms with E-state index in [2.05, 4.69) is 145 Å². The van der Waals surface area contributed by atoms with Gasteiger partial charge in [-0.3, -0.25) is 4.98 Å². The Bertz CT molecular complexity index is 2150. The summed E-state index contributed by atoms with van der Waals surface area (Å²) in [4.78, 5) is 19.7. The van der Waals surface area contributed by atoms with Gasteiger partial charge in [-0.25, -0.2) is 15.0 Å². The fourth-order valence-electron chi connectivity index (χ4n) is 6.06. The molecule has 0 fully saturated rings. The second kappa shape index (κ2) is 10.1. The predicted octanol–water partition coefficient (Wildman–Crippen LogP) is 9.28. The van der Waals surface area contributed by atoms with E-state index in [1.165, 1.54) is 5.39 Å². The van der Waals surface area contributed by atoms with E-state index in [0.717, 1.165) is 44.1 Å². The minimum atomic E-state index is -0.0401. The first-order valence-corrected chi connectivity index (χ1v) is 14.6. The number of para-hydroxylation sites is 1. The van der Waals surface area contributed by atoms with Crippen molar-refractivity contribution < 1.29 is 0 Å². The van der Waals surface area contributed by atoms with Crippen molar-refractivity contribution >= 4 is 27.2 Å². The smallest absolute Gasteiger partial charge is 0.164 e. The summed E-state index contributed by atoms with van der Waals surface area (Å²) in [6.07, 6.45) is 17.3. The molecule has 4 aromatic carbocycles. The maximum Gasteiger partial charge on any atom is 0.164 e. The van der Waals surface area contributed by atoms with Gasteiger partial charge in [-0.2, -0.15) is 0 Å². The second-order valence-electron chi connectivity index (χ2n) is 11.4. The zero-order chi connectivity index (χ0) is 28.8. The monoisotopic (exact) mass is 552 g/mol. The van der Waals surface area contributed by atoms with Crippen LogP contribution < -0.4 is 0 Å². The van der Waals surface area contributed by atoms with Crippen LogP contribution in [-0.4, -0.2) is 19.9 Å². The molecule has 0 bridgehead atoms. The number of hydrogen-bond donors (Lipinski definition) is 0. The summed E-state index contributed by atoms with van der Waals surface area (Å²) in [6, 6.07) is 33.6. The number of hydrogen-bond acceptors (Lipinski definition) is 4. The molecule has 0 spiro atoms. The lowest BCUT2D eigenvalue weighted by molar-refractivity contribution is 0.454. The van der Waals surface area contributed by atoms with Gasteiger partial charge in [0, 0.05) is 45.2 Å². The van der Waals surface area contributed by atoms with Crippen molar-refractivity contribution in [1.82, 2.24) is 19.9 Å². The van der Waals surface area contributed by atoms with E-state index >= 15 is 0 Å². The predicted molar refractivity (Wildman–Crippen MR) is 176 cm³/mol. The Morgan fingerprint density at radius 3 is 2.21 bits per heavy atom. The van der Waals surface area contributed by atoms with Crippen molar-refractivity contribution in [3.05, 3.63) is 152 Å². The number of allylic oxidation sites excluding steroid dienone is 8. The van der Waals surface area contributed by atoms with Crippen molar-refractivity contribution in [2.24, 2.45) is 11.3 Å². The number of nitrogens with zero attached hydrogens (tertiary/aromatic N) is 4. The molecule has 2 aromatic heterocycles. The lowest BCUT2D eigenvalue weighted by Crippen LogP contribution is -2.24. The first-order valence-electron chi connectivity index (χ1n) is 14.6. The molecule has 4 heteroatoms. The van der Waals surface area contributed by atoms with Crippen LogP contribution in [0.3, 0.4) is 0 Å². The van der Waals surface area contributed by atoms with Gasteiger partial charge in [0.25, 0.3) is 0 Å². The first kappa shape index (κ1) is 25.2. The fourth-order valence-corrected chi connectivity index (χ4v) is 6.06. The average Bonchev–Trinajstić information content (AvgIpc) is 3.07. The summed E-state index contributed by atoms with van der Waals surface area (Å²) in [5, 5.41) is 3.47. The molecular weight excluding hydrogens is 524 g/mol. The third-order valence-electron chi connectivity index (χ3n) is 8.57. The highest BCUT2D eigenvalue weighted by Gasteiger charge is 2.31. The zero-order valence-corrected chi connectivity index (χ0v) is 23.7. The molecule has 0 N–H and O–H groups in total. The molecule has 8 rings (SSSR count). The van der Waals surface area contributed by atoms with E-state index in [-0.39, 0.29) is 11.3 Å². The average molecular weight is 553 g/mol. The van der Waals surface area contributed by atoms with Gasteiger partial charge in [0.05, 0.1) is 5.52 Å². The van der Waals surface area contributed by atoms with E-state index in [4.69, 9.17) is 15.0 Å². The van der Waals surface area contributed by atoms with Gasteiger partial charge >= 0.3 is 0 Å². The second-order valence-corrected chi connectivity index (χ2v) is 11.4. The minimum absolute atomic E-state index is 0.0401. The fraction of sp³-hybridized carbons (Fsp3) is 0.0769. The van der Waals surface area contributed by atoms with Crippen LogP contribution in [0.15, 0.2) is 146 Å². The topological polar surface area (TPSA) is 51.6 Å². The van der Waals surface area contributed by atoms with Crippen molar-refractivity contribution in [2.75, 3.05) is 0 Å². The highest BCUT2D eigenvalue weighted by atomic mass is 15.0. The molecule has 204 valence electrons. The van der Waals surface area contributed by atoms with Gasteiger partial charge in [-0.1, -0.05) is 134 Å². The van der Waals surface area contributed by atoms with E-state index < -0.39 is 0 Å². The maximum absolute atomic E-state index is 5.03. The molecule has 2 unspecified atom stereocenters. The molecule has 2 heterocycles. The first-order chi connectivity index (χ1) is 21.1. The molecule has 2 aliphatic rings. The standard InChI is InChI=1S/C39H28N4/c1-39-21-5-4-12-33(39)25-32(20-22-39)38-42-36(41-37(43-38)31-19-14-26-8-2-3-9-30(26)24-31)29-17-15-27(16-18-29)34-13-6-10-28-11-7-23-40-35(28)34/h2-25,33H,1H3. The molecule has 0 saturated carbocycles. The Balaban J connectivity index is 1.24. The summed E-state index contributed by atoms with van der Waals surface area (Å²) in [6.45, 7) is 2.26. The summed E-state index contributed by atoms with van der Waals surface area (Å²) in [5.41, 5.74) is 6.07. The molecule has 0 amide bonds. The van der Waals surface area contributed by atoms with Gasteiger partial charge in [0.1, 0.15) is 0 Å². The van der Waals surface area contributed by atoms with Crippen LogP contribution in [0, 0.1) is 11.3 Å². The van der Waals surface area contributed by atoms with Crippen LogP contribution in [0.25, 0.3) is 61.2 Å². The number of fused-ring (bicyclic) bond motifs is 3. The van der Waals surface area contributed by atoms with Gasteiger partial charge in [-0.05, 0) is 28.5 Å². The van der Waals surface area contributed by atoms with Crippen LogP contribution in [0.1, 0.15) is 12.7 Å². The number of pyridine rings is 1. The van der Waals surface area contributed by atoms with Crippen molar-refractivity contribution in [3.8, 4) is 33.9 Å². The van der Waals surface area contributed by atoms with Crippen LogP contribution in [0.5, 0.6) is 0 Å². The van der Waals surface area contributed by atoms with E-state index in [1.807, 2.05) is 12.3 Å². The van der Waals surface area contributed by atoms with Crippen molar-refractivity contribution in [2.45, 2.75) is 6.92 Å². The third kappa shape index (κ3) is 4.58. The molecule has 4 nitrogen and oxygen atoms in total. The lowest BCUT2D eigenvalue weighted by Gasteiger charge is -2.33. The molecular formula is C39H28N4. The minimum Gasteiger partial charge on any atom is -0.256 e.